The van der Waals surface area contributed by atoms with E-state index in [1.165, 1.54) is 18.5 Å². The number of unbranched alkanes of at least 4 members (excludes halogenated alkanes) is 5. The van der Waals surface area contributed by atoms with E-state index in [4.69, 9.17) is 10.5 Å². The van der Waals surface area contributed by atoms with Crippen LogP contribution >= 0.6 is 0 Å². The molecule has 4 heterocycles. The number of rotatable bonds is 13. The quantitative estimate of drug-likeness (QED) is 0.357. The van der Waals surface area contributed by atoms with Crippen LogP contribution in [0.1, 0.15) is 51.9 Å². The summed E-state index contributed by atoms with van der Waals surface area (Å²) in [5.74, 6) is 0.249. The number of imidazole rings is 1. The van der Waals surface area contributed by atoms with Gasteiger partial charge in [0.15, 0.2) is 11.5 Å². The Morgan fingerprint density at radius 1 is 0.971 bits per heavy atom. The predicted molar refractivity (Wildman–Crippen MR) is 139 cm³/mol. The molecule has 10 heteroatoms. The number of anilines is 2. The number of hydrogen-bond donors (Lipinski definition) is 2. The molecule has 3 aromatic heterocycles. The van der Waals surface area contributed by atoms with Gasteiger partial charge in [0, 0.05) is 50.8 Å². The van der Waals surface area contributed by atoms with E-state index in [0.717, 1.165) is 64.8 Å². The number of ether oxygens (including phenoxy) is 1. The molecule has 0 radical (unpaired) electrons. The molecule has 0 saturated carbocycles. The Morgan fingerprint density at radius 2 is 1.69 bits per heavy atom. The fraction of sp³-hybridized carbons (Fsp3) is 0.600. The molecule has 3 N–H and O–H groups in total. The number of aromatic nitrogens is 5. The van der Waals surface area contributed by atoms with Crippen LogP contribution in [0.3, 0.4) is 0 Å². The highest BCUT2D eigenvalue weighted by Crippen LogP contribution is 2.19. The molecular weight excluding hydrogens is 444 g/mol. The highest BCUT2D eigenvalue weighted by Gasteiger charge is 2.17. The lowest BCUT2D eigenvalue weighted by atomic mass is 10.1. The van der Waals surface area contributed by atoms with Gasteiger partial charge in [0.2, 0.25) is 0 Å². The molecule has 0 aliphatic carbocycles. The van der Waals surface area contributed by atoms with Crippen molar-refractivity contribution in [3.8, 4) is 6.01 Å². The fourth-order valence-electron chi connectivity index (χ4n) is 4.53. The average molecular weight is 483 g/mol. The molecule has 0 amide bonds. The van der Waals surface area contributed by atoms with Crippen LogP contribution in [0.15, 0.2) is 29.3 Å². The molecule has 3 aromatic rings. The summed E-state index contributed by atoms with van der Waals surface area (Å²) < 4.78 is 7.26. The van der Waals surface area contributed by atoms with Gasteiger partial charge in [0.1, 0.15) is 5.52 Å². The molecule has 0 unspecified atom stereocenters. The zero-order valence-corrected chi connectivity index (χ0v) is 20.8. The molecule has 35 heavy (non-hydrogen) atoms. The van der Waals surface area contributed by atoms with Crippen LogP contribution in [0.4, 0.5) is 11.5 Å². The lowest BCUT2D eigenvalue weighted by molar-refractivity contribution is 0.252. The molecule has 0 aromatic carbocycles. The molecule has 10 nitrogen and oxygen atoms in total. The molecule has 190 valence electrons. The number of nitrogens with one attached hydrogen (secondary N) is 1. The van der Waals surface area contributed by atoms with Gasteiger partial charge in [0.25, 0.3) is 0 Å². The van der Waals surface area contributed by atoms with E-state index in [-0.39, 0.29) is 17.5 Å². The first-order valence-electron chi connectivity index (χ1n) is 12.9. The van der Waals surface area contributed by atoms with Gasteiger partial charge in [-0.05, 0) is 37.9 Å². The molecule has 1 aliphatic heterocycles. The number of nitrogens with two attached hydrogens (primary N) is 1. The molecule has 1 fully saturated rings. The van der Waals surface area contributed by atoms with E-state index < -0.39 is 0 Å². The third kappa shape index (κ3) is 6.72. The molecule has 0 spiro atoms. The SMILES string of the molecule is CCCCOc1nc(N)c2[nH]c(=O)n(CCCCCCCN3CCN(c4ccncc4)CC3)c2n1. The van der Waals surface area contributed by atoms with E-state index in [1.807, 2.05) is 12.4 Å². The molecule has 0 bridgehead atoms. The summed E-state index contributed by atoms with van der Waals surface area (Å²) in [6.45, 7) is 8.77. The summed E-state index contributed by atoms with van der Waals surface area (Å²) in [5, 5.41) is 0. The standard InChI is InChI=1S/C25H38N8O2/c1-2-3-19-35-24-29-22(26)21-23(30-24)33(25(34)28-21)14-8-6-4-5-7-13-31-15-17-32(18-16-31)20-9-11-27-12-10-20/h9-12H,2-8,13-19H2,1H3,(H,28,34)(H2,26,29,30). The van der Waals surface area contributed by atoms with Crippen molar-refractivity contribution < 1.29 is 4.74 Å². The number of nitrogen functional groups attached to an aromatic ring is 1. The van der Waals surface area contributed by atoms with Crippen LogP contribution in [0.25, 0.3) is 11.2 Å². The third-order valence-electron chi connectivity index (χ3n) is 6.62. The van der Waals surface area contributed by atoms with E-state index in [1.54, 1.807) is 4.57 Å². The predicted octanol–water partition coefficient (Wildman–Crippen LogP) is 3.05. The Bertz CT molecular complexity index is 1110. The number of aryl methyl sites for hydroxylation is 1. The Labute approximate surface area is 206 Å². The van der Waals surface area contributed by atoms with Gasteiger partial charge in [0.05, 0.1) is 6.61 Å². The fourth-order valence-corrected chi connectivity index (χ4v) is 4.53. The molecule has 1 saturated heterocycles. The van der Waals surface area contributed by atoms with Gasteiger partial charge in [-0.25, -0.2) is 4.79 Å². The van der Waals surface area contributed by atoms with Gasteiger partial charge >= 0.3 is 11.7 Å². The Kier molecular flexibility index (Phi) is 8.94. The summed E-state index contributed by atoms with van der Waals surface area (Å²) in [6.07, 6.45) is 11.3. The summed E-state index contributed by atoms with van der Waals surface area (Å²) in [7, 11) is 0. The van der Waals surface area contributed by atoms with E-state index >= 15 is 0 Å². The lowest BCUT2D eigenvalue weighted by Crippen LogP contribution is -2.46. The van der Waals surface area contributed by atoms with Crippen molar-refractivity contribution in [2.45, 2.75) is 58.4 Å². The summed E-state index contributed by atoms with van der Waals surface area (Å²) in [5.41, 5.74) is 8.11. The van der Waals surface area contributed by atoms with Crippen LogP contribution < -0.4 is 21.1 Å². The summed E-state index contributed by atoms with van der Waals surface area (Å²) >= 11 is 0. The number of pyridine rings is 1. The van der Waals surface area contributed by atoms with Crippen molar-refractivity contribution in [3.63, 3.8) is 0 Å². The van der Waals surface area contributed by atoms with Gasteiger partial charge in [-0.1, -0.05) is 32.6 Å². The maximum atomic E-state index is 12.4. The number of H-pyrrole nitrogens is 1. The monoisotopic (exact) mass is 482 g/mol. The van der Waals surface area contributed by atoms with Gasteiger partial charge < -0.3 is 20.4 Å². The molecule has 4 rings (SSSR count). The highest BCUT2D eigenvalue weighted by atomic mass is 16.5. The van der Waals surface area contributed by atoms with Gasteiger partial charge in [-0.2, -0.15) is 9.97 Å². The van der Waals surface area contributed by atoms with Crippen molar-refractivity contribution in [2.24, 2.45) is 0 Å². The third-order valence-corrected chi connectivity index (χ3v) is 6.62. The smallest absolute Gasteiger partial charge is 0.327 e. The Hall–Kier alpha value is -3.14. The Balaban J connectivity index is 1.15. The molecule has 1 aliphatic rings. The van der Waals surface area contributed by atoms with E-state index in [0.29, 0.717) is 24.3 Å². The number of fused-ring (bicyclic) bond motifs is 1. The number of hydrogen-bond acceptors (Lipinski definition) is 8. The summed E-state index contributed by atoms with van der Waals surface area (Å²) in [4.78, 5) is 33.0. The minimum absolute atomic E-state index is 0.197. The first-order valence-corrected chi connectivity index (χ1v) is 12.9. The molecular formula is C25H38N8O2. The van der Waals surface area contributed by atoms with Crippen LogP contribution in [0.2, 0.25) is 0 Å². The zero-order chi connectivity index (χ0) is 24.5. The maximum absolute atomic E-state index is 12.4. The van der Waals surface area contributed by atoms with Crippen LogP contribution in [0, 0.1) is 0 Å². The van der Waals surface area contributed by atoms with Crippen molar-refractivity contribution >= 4 is 22.7 Å². The number of aromatic amines is 1. The second-order valence-electron chi connectivity index (χ2n) is 9.18. The first-order chi connectivity index (χ1) is 17.2. The minimum Gasteiger partial charge on any atom is -0.463 e. The topological polar surface area (TPSA) is 118 Å². The normalized spacial score (nSPS) is 14.6. The van der Waals surface area contributed by atoms with Crippen LogP contribution in [0.5, 0.6) is 6.01 Å². The maximum Gasteiger partial charge on any atom is 0.327 e. The van der Waals surface area contributed by atoms with Crippen LogP contribution in [-0.2, 0) is 6.54 Å². The highest BCUT2D eigenvalue weighted by molar-refractivity contribution is 5.81. The number of nitrogens with zero attached hydrogens (tertiary/aromatic N) is 6. The van der Waals surface area contributed by atoms with E-state index in [2.05, 4.69) is 48.8 Å². The van der Waals surface area contributed by atoms with Crippen molar-refractivity contribution in [1.29, 1.82) is 0 Å². The van der Waals surface area contributed by atoms with Gasteiger partial charge in [-0.3, -0.25) is 14.5 Å². The average Bonchev–Trinajstić information content (AvgIpc) is 3.20. The minimum atomic E-state index is -0.197. The zero-order valence-electron chi connectivity index (χ0n) is 20.8. The lowest BCUT2D eigenvalue weighted by Gasteiger charge is -2.36. The van der Waals surface area contributed by atoms with Crippen molar-refractivity contribution in [1.82, 2.24) is 29.4 Å². The number of piperazine rings is 1. The van der Waals surface area contributed by atoms with Crippen molar-refractivity contribution in [2.75, 3.05) is 50.0 Å². The van der Waals surface area contributed by atoms with Crippen LogP contribution in [-0.4, -0.2) is 68.7 Å². The summed E-state index contributed by atoms with van der Waals surface area (Å²) in [6, 6.07) is 4.41. The molecule has 0 atom stereocenters. The largest absolute Gasteiger partial charge is 0.463 e. The first kappa shape index (κ1) is 25.0. The second kappa shape index (κ2) is 12.5. The van der Waals surface area contributed by atoms with E-state index in [9.17, 15) is 4.79 Å². The van der Waals surface area contributed by atoms with Gasteiger partial charge in [-0.15, -0.1) is 0 Å². The van der Waals surface area contributed by atoms with Crippen molar-refractivity contribution in [3.05, 3.63) is 35.0 Å². The Morgan fingerprint density at radius 3 is 2.43 bits per heavy atom. The second-order valence-corrected chi connectivity index (χ2v) is 9.18.